The lowest BCUT2D eigenvalue weighted by Crippen LogP contribution is -2.39. The zero-order valence-corrected chi connectivity index (χ0v) is 21.3. The second kappa shape index (κ2) is 12.3. The number of fused-ring (bicyclic) bond motifs is 1. The van der Waals surface area contributed by atoms with Crippen LogP contribution < -0.4 is 0 Å². The number of hydrogen-bond donors (Lipinski definition) is 2. The van der Waals surface area contributed by atoms with Crippen molar-refractivity contribution in [1.29, 1.82) is 0 Å². The smallest absolute Gasteiger partial charge is 0.0761 e. The Kier molecular flexibility index (Phi) is 9.75. The Bertz CT molecular complexity index is 792. The Morgan fingerprint density at radius 3 is 2.61 bits per heavy atom. The summed E-state index contributed by atoms with van der Waals surface area (Å²) in [5.41, 5.74) is 3.83. The quantitative estimate of drug-likeness (QED) is 0.347. The molecule has 0 saturated heterocycles. The first-order valence-electron chi connectivity index (χ1n) is 12.9. The molecule has 2 aliphatic rings. The molecule has 1 saturated carbocycles. The highest BCUT2D eigenvalue weighted by atomic mass is 16.5. The van der Waals surface area contributed by atoms with Crippen molar-refractivity contribution in [2.24, 2.45) is 17.8 Å². The van der Waals surface area contributed by atoms with Crippen LogP contribution in [-0.2, 0) is 11.2 Å². The van der Waals surface area contributed by atoms with E-state index in [1.807, 2.05) is 12.1 Å². The minimum atomic E-state index is -0.517. The highest BCUT2D eigenvalue weighted by molar-refractivity contribution is 5.24. The molecule has 0 aliphatic heterocycles. The number of allylic oxidation sites excluding steroid dienone is 1. The van der Waals surface area contributed by atoms with E-state index >= 15 is 0 Å². The summed E-state index contributed by atoms with van der Waals surface area (Å²) >= 11 is 0. The molecule has 5 atom stereocenters. The Morgan fingerprint density at radius 1 is 1.15 bits per heavy atom. The van der Waals surface area contributed by atoms with Crippen molar-refractivity contribution in [1.82, 2.24) is 4.90 Å². The van der Waals surface area contributed by atoms with Crippen molar-refractivity contribution >= 4 is 0 Å². The van der Waals surface area contributed by atoms with E-state index in [4.69, 9.17) is 4.74 Å². The average Bonchev–Trinajstić information content (AvgIpc) is 3.24. The third-order valence-electron chi connectivity index (χ3n) is 7.42. The minimum Gasteiger partial charge on any atom is -0.392 e. The maximum absolute atomic E-state index is 10.6. The number of aryl methyl sites for hydroxylation is 1. The zero-order chi connectivity index (χ0) is 24.0. The van der Waals surface area contributed by atoms with Gasteiger partial charge < -0.3 is 14.9 Å². The highest BCUT2D eigenvalue weighted by Crippen LogP contribution is 2.47. The van der Waals surface area contributed by atoms with Crippen LogP contribution in [-0.4, -0.2) is 59.2 Å². The molecule has 4 nitrogen and oxygen atoms in total. The molecule has 0 unspecified atom stereocenters. The molecule has 1 aromatic carbocycles. The van der Waals surface area contributed by atoms with E-state index in [1.54, 1.807) is 0 Å². The van der Waals surface area contributed by atoms with Gasteiger partial charge in [-0.1, -0.05) is 53.6 Å². The van der Waals surface area contributed by atoms with Crippen molar-refractivity contribution in [2.45, 2.75) is 84.6 Å². The van der Waals surface area contributed by atoms with Crippen LogP contribution in [0, 0.1) is 24.7 Å². The van der Waals surface area contributed by atoms with Gasteiger partial charge in [0.1, 0.15) is 0 Å². The minimum absolute atomic E-state index is 0.127. The molecule has 0 spiro atoms. The van der Waals surface area contributed by atoms with Crippen LogP contribution in [0.25, 0.3) is 0 Å². The predicted molar refractivity (Wildman–Crippen MR) is 136 cm³/mol. The van der Waals surface area contributed by atoms with Gasteiger partial charge in [0.2, 0.25) is 0 Å². The highest BCUT2D eigenvalue weighted by Gasteiger charge is 2.43. The number of aliphatic hydroxyl groups excluding tert-OH is 2. The van der Waals surface area contributed by atoms with E-state index in [1.165, 1.54) is 11.1 Å². The van der Waals surface area contributed by atoms with Crippen molar-refractivity contribution < 1.29 is 14.9 Å². The summed E-state index contributed by atoms with van der Waals surface area (Å²) in [6, 6.07) is 9.36. The molecule has 33 heavy (non-hydrogen) atoms. The monoisotopic (exact) mass is 455 g/mol. The Hall–Kier alpha value is -1.46. The van der Waals surface area contributed by atoms with Gasteiger partial charge in [-0.15, -0.1) is 0 Å². The van der Waals surface area contributed by atoms with E-state index in [-0.39, 0.29) is 12.0 Å². The van der Waals surface area contributed by atoms with Gasteiger partial charge in [0.15, 0.2) is 0 Å². The van der Waals surface area contributed by atoms with Crippen molar-refractivity contribution in [3.63, 3.8) is 0 Å². The Morgan fingerprint density at radius 2 is 1.91 bits per heavy atom. The maximum atomic E-state index is 10.6. The van der Waals surface area contributed by atoms with Gasteiger partial charge in [0.05, 0.1) is 25.4 Å². The second-order valence-corrected chi connectivity index (χ2v) is 10.7. The fourth-order valence-corrected chi connectivity index (χ4v) is 5.78. The topological polar surface area (TPSA) is 52.9 Å². The van der Waals surface area contributed by atoms with Gasteiger partial charge in [-0.3, -0.25) is 4.90 Å². The summed E-state index contributed by atoms with van der Waals surface area (Å²) in [5.74, 6) is 1.04. The molecule has 0 heterocycles. The van der Waals surface area contributed by atoms with Crippen LogP contribution >= 0.6 is 0 Å². The molecule has 2 N–H and O–H groups in total. The lowest BCUT2D eigenvalue weighted by Gasteiger charge is -2.30. The number of hydrogen-bond acceptors (Lipinski definition) is 4. The van der Waals surface area contributed by atoms with Crippen molar-refractivity contribution in [3.8, 4) is 0 Å². The summed E-state index contributed by atoms with van der Waals surface area (Å²) in [6.45, 7) is 13.6. The molecule has 184 valence electrons. The van der Waals surface area contributed by atoms with Crippen LogP contribution in [0.2, 0.25) is 0 Å². The van der Waals surface area contributed by atoms with Crippen LogP contribution in [0.3, 0.4) is 0 Å². The van der Waals surface area contributed by atoms with Gasteiger partial charge in [-0.2, -0.15) is 0 Å². The fraction of sp³-hybridized carbons (Fsp3) is 0.655. The Labute approximate surface area is 201 Å². The summed E-state index contributed by atoms with van der Waals surface area (Å²) in [7, 11) is 0. The number of aliphatic hydroxyl groups is 2. The zero-order valence-electron chi connectivity index (χ0n) is 21.3. The largest absolute Gasteiger partial charge is 0.392 e. The second-order valence-electron chi connectivity index (χ2n) is 10.7. The van der Waals surface area contributed by atoms with Gasteiger partial charge in [-0.05, 0) is 71.3 Å². The Balaban J connectivity index is 1.43. The van der Waals surface area contributed by atoms with Gasteiger partial charge in [0.25, 0.3) is 0 Å². The molecule has 0 amide bonds. The number of ether oxygens (including phenoxy) is 1. The van der Waals surface area contributed by atoms with E-state index < -0.39 is 6.10 Å². The van der Waals surface area contributed by atoms with Crippen LogP contribution in [0.4, 0.5) is 0 Å². The molecule has 1 aromatic rings. The first kappa shape index (κ1) is 26.2. The standard InChI is InChI=1S/C29H45NO3/c1-20(2)30(21(3)4)12-14-33-13-11-24-16-25-19-29(32)27(28(25)18-24)10-9-26(31)17-23-8-6-7-22(5)15-23/h6-10,15-16,20-21,25-29,31-32H,11-14,17-19H2,1-5H3/b10-9+/t25-,26-,27+,28-,29+/m0/s1. The molecular formula is C29H45NO3. The normalized spacial score (nSPS) is 26.1. The molecule has 1 fully saturated rings. The van der Waals surface area contributed by atoms with Crippen molar-refractivity contribution in [2.75, 3.05) is 19.8 Å². The summed E-state index contributed by atoms with van der Waals surface area (Å²) < 4.78 is 5.96. The van der Waals surface area contributed by atoms with Crippen LogP contribution in [0.1, 0.15) is 58.1 Å². The predicted octanol–water partition coefficient (Wildman–Crippen LogP) is 4.92. The van der Waals surface area contributed by atoms with Crippen molar-refractivity contribution in [3.05, 3.63) is 59.2 Å². The number of benzene rings is 1. The SMILES string of the molecule is Cc1cccc(C[C@@H](O)/C=C/[C@@H]2[C@H]3CC(CCOCCN(C(C)C)C(C)C)=C[C@H]3C[C@H]2O)c1. The lowest BCUT2D eigenvalue weighted by molar-refractivity contribution is 0.0796. The van der Waals surface area contributed by atoms with Crippen LogP contribution in [0.15, 0.2) is 48.1 Å². The van der Waals surface area contributed by atoms with Gasteiger partial charge in [-0.25, -0.2) is 0 Å². The third kappa shape index (κ3) is 7.51. The first-order chi connectivity index (χ1) is 15.7. The van der Waals surface area contributed by atoms with E-state index in [0.717, 1.165) is 44.6 Å². The number of rotatable bonds is 12. The molecule has 4 heteroatoms. The lowest BCUT2D eigenvalue weighted by atomic mass is 9.88. The summed E-state index contributed by atoms with van der Waals surface area (Å²) in [5, 5.41) is 21.1. The van der Waals surface area contributed by atoms with E-state index in [9.17, 15) is 10.2 Å². The third-order valence-corrected chi connectivity index (χ3v) is 7.42. The first-order valence-corrected chi connectivity index (χ1v) is 12.9. The summed E-state index contributed by atoms with van der Waals surface area (Å²) in [4.78, 5) is 2.46. The molecule has 0 radical (unpaired) electrons. The summed E-state index contributed by atoms with van der Waals surface area (Å²) in [6.07, 6.45) is 9.01. The average molecular weight is 456 g/mol. The van der Waals surface area contributed by atoms with E-state index in [2.05, 4.69) is 69.9 Å². The maximum Gasteiger partial charge on any atom is 0.0761 e. The molecular weight excluding hydrogens is 410 g/mol. The van der Waals surface area contributed by atoms with Gasteiger partial charge >= 0.3 is 0 Å². The van der Waals surface area contributed by atoms with E-state index in [0.29, 0.717) is 30.3 Å². The fourth-order valence-electron chi connectivity index (χ4n) is 5.78. The molecule has 2 aliphatic carbocycles. The molecule has 0 aromatic heterocycles. The van der Waals surface area contributed by atoms with Crippen LogP contribution in [0.5, 0.6) is 0 Å². The van der Waals surface area contributed by atoms with Gasteiger partial charge in [0, 0.05) is 31.0 Å². The number of nitrogens with zero attached hydrogens (tertiary/aromatic N) is 1. The molecule has 0 bridgehead atoms. The molecule has 3 rings (SSSR count).